The third kappa shape index (κ3) is 3.60. The minimum Gasteiger partial charge on any atom is -0.330 e. The van der Waals surface area contributed by atoms with Crippen molar-refractivity contribution in [1.82, 2.24) is 0 Å². The first-order valence-corrected chi connectivity index (χ1v) is 5.09. The van der Waals surface area contributed by atoms with E-state index in [0.29, 0.717) is 5.92 Å². The Morgan fingerprint density at radius 1 is 1.15 bits per heavy atom. The van der Waals surface area contributed by atoms with Crippen LogP contribution in [-0.2, 0) is 0 Å². The van der Waals surface area contributed by atoms with E-state index in [2.05, 4.69) is 37.3 Å². The van der Waals surface area contributed by atoms with Crippen LogP contribution in [-0.4, -0.2) is 6.54 Å². The third-order valence-corrected chi connectivity index (χ3v) is 2.46. The van der Waals surface area contributed by atoms with E-state index in [1.54, 1.807) is 0 Å². The molecule has 0 spiro atoms. The molecule has 0 amide bonds. The summed E-state index contributed by atoms with van der Waals surface area (Å²) >= 11 is 0. The van der Waals surface area contributed by atoms with Gasteiger partial charge in [0.15, 0.2) is 0 Å². The van der Waals surface area contributed by atoms with Gasteiger partial charge in [0.25, 0.3) is 0 Å². The zero-order valence-electron chi connectivity index (χ0n) is 8.37. The van der Waals surface area contributed by atoms with Crippen molar-refractivity contribution < 1.29 is 0 Å². The molecule has 0 saturated carbocycles. The molecule has 1 rings (SSSR count). The summed E-state index contributed by atoms with van der Waals surface area (Å²) in [5.74, 6) is 0.674. The molecule has 0 heterocycles. The fourth-order valence-corrected chi connectivity index (χ4v) is 1.54. The van der Waals surface area contributed by atoms with Crippen LogP contribution in [0.4, 0.5) is 0 Å². The maximum absolute atomic E-state index is 5.45. The highest BCUT2D eigenvalue weighted by Crippen LogP contribution is 2.20. The fraction of sp³-hybridized carbons (Fsp3) is 0.500. The molecule has 0 unspecified atom stereocenters. The van der Waals surface area contributed by atoms with Gasteiger partial charge in [-0.15, -0.1) is 0 Å². The van der Waals surface area contributed by atoms with Crippen molar-refractivity contribution >= 4 is 0 Å². The molecule has 1 aromatic carbocycles. The maximum Gasteiger partial charge on any atom is -0.00773 e. The first-order valence-electron chi connectivity index (χ1n) is 5.09. The fourth-order valence-electron chi connectivity index (χ4n) is 1.54. The van der Waals surface area contributed by atoms with Crippen LogP contribution in [0.15, 0.2) is 30.3 Å². The summed E-state index contributed by atoms with van der Waals surface area (Å²) < 4.78 is 0. The van der Waals surface area contributed by atoms with E-state index < -0.39 is 0 Å². The van der Waals surface area contributed by atoms with Gasteiger partial charge in [-0.25, -0.2) is 0 Å². The van der Waals surface area contributed by atoms with Crippen molar-refractivity contribution in [3.8, 4) is 0 Å². The second kappa shape index (κ2) is 5.76. The molecule has 1 nitrogen and oxygen atoms in total. The van der Waals surface area contributed by atoms with Gasteiger partial charge in [-0.05, 0) is 30.9 Å². The van der Waals surface area contributed by atoms with E-state index in [1.165, 1.54) is 18.4 Å². The average Bonchev–Trinajstić information content (AvgIpc) is 2.19. The Morgan fingerprint density at radius 2 is 1.85 bits per heavy atom. The molecule has 0 bridgehead atoms. The predicted octanol–water partition coefficient (Wildman–Crippen LogP) is 2.92. The normalized spacial score (nSPS) is 12.8. The Balaban J connectivity index is 2.35. The molecular formula is C12H19N. The van der Waals surface area contributed by atoms with Crippen LogP contribution in [0.2, 0.25) is 0 Å². The number of benzene rings is 1. The van der Waals surface area contributed by atoms with Gasteiger partial charge in [0, 0.05) is 0 Å². The van der Waals surface area contributed by atoms with Crippen LogP contribution in [0.1, 0.15) is 37.7 Å². The van der Waals surface area contributed by atoms with E-state index in [9.17, 15) is 0 Å². The van der Waals surface area contributed by atoms with Crippen LogP contribution < -0.4 is 5.73 Å². The summed E-state index contributed by atoms with van der Waals surface area (Å²) in [4.78, 5) is 0. The number of nitrogens with two attached hydrogens (primary N) is 1. The van der Waals surface area contributed by atoms with Gasteiger partial charge in [-0.3, -0.25) is 0 Å². The summed E-state index contributed by atoms with van der Waals surface area (Å²) in [5, 5.41) is 0. The Hall–Kier alpha value is -0.820. The SMILES string of the molecule is C[C@H](CCCCN)c1ccccc1. The number of rotatable bonds is 5. The third-order valence-electron chi connectivity index (χ3n) is 2.46. The average molecular weight is 177 g/mol. The molecule has 0 fully saturated rings. The molecular weight excluding hydrogens is 158 g/mol. The van der Waals surface area contributed by atoms with Crippen molar-refractivity contribution in [2.24, 2.45) is 5.73 Å². The van der Waals surface area contributed by atoms with Crippen molar-refractivity contribution in [2.75, 3.05) is 6.54 Å². The summed E-state index contributed by atoms with van der Waals surface area (Å²) in [7, 11) is 0. The van der Waals surface area contributed by atoms with Crippen LogP contribution in [0.5, 0.6) is 0 Å². The molecule has 2 N–H and O–H groups in total. The maximum atomic E-state index is 5.45. The van der Waals surface area contributed by atoms with Crippen molar-refractivity contribution in [3.63, 3.8) is 0 Å². The molecule has 1 heteroatoms. The van der Waals surface area contributed by atoms with Gasteiger partial charge in [0.1, 0.15) is 0 Å². The molecule has 0 radical (unpaired) electrons. The molecule has 1 atom stereocenters. The van der Waals surface area contributed by atoms with Gasteiger partial charge in [0.05, 0.1) is 0 Å². The topological polar surface area (TPSA) is 26.0 Å². The minimum atomic E-state index is 0.674. The van der Waals surface area contributed by atoms with Crippen LogP contribution in [0.25, 0.3) is 0 Å². The highest BCUT2D eigenvalue weighted by Gasteiger charge is 2.03. The summed E-state index contributed by atoms with van der Waals surface area (Å²) in [6, 6.07) is 10.7. The summed E-state index contributed by atoms with van der Waals surface area (Å²) in [6.07, 6.45) is 3.64. The second-order valence-electron chi connectivity index (χ2n) is 3.60. The lowest BCUT2D eigenvalue weighted by Crippen LogP contribution is -2.00. The van der Waals surface area contributed by atoms with Gasteiger partial charge in [-0.1, -0.05) is 43.7 Å². The summed E-state index contributed by atoms with van der Waals surface area (Å²) in [5.41, 5.74) is 6.90. The van der Waals surface area contributed by atoms with Crippen molar-refractivity contribution in [1.29, 1.82) is 0 Å². The van der Waals surface area contributed by atoms with E-state index in [4.69, 9.17) is 5.73 Å². The van der Waals surface area contributed by atoms with Crippen molar-refractivity contribution in [2.45, 2.75) is 32.1 Å². The smallest absolute Gasteiger partial charge is 0.00773 e. The standard InChI is InChI=1S/C12H19N/c1-11(7-5-6-10-13)12-8-3-2-4-9-12/h2-4,8-9,11H,5-7,10,13H2,1H3/t11-/m1/s1. The molecule has 72 valence electrons. The lowest BCUT2D eigenvalue weighted by molar-refractivity contribution is 0.609. The van der Waals surface area contributed by atoms with Crippen LogP contribution in [0.3, 0.4) is 0 Å². The van der Waals surface area contributed by atoms with E-state index in [-0.39, 0.29) is 0 Å². The zero-order chi connectivity index (χ0) is 9.52. The monoisotopic (exact) mass is 177 g/mol. The van der Waals surface area contributed by atoms with E-state index in [0.717, 1.165) is 13.0 Å². The number of hydrogen-bond donors (Lipinski definition) is 1. The van der Waals surface area contributed by atoms with E-state index >= 15 is 0 Å². The Morgan fingerprint density at radius 3 is 2.46 bits per heavy atom. The first kappa shape index (κ1) is 10.3. The van der Waals surface area contributed by atoms with E-state index in [1.807, 2.05) is 0 Å². The molecule has 13 heavy (non-hydrogen) atoms. The lowest BCUT2D eigenvalue weighted by atomic mass is 9.96. The zero-order valence-corrected chi connectivity index (χ0v) is 8.37. The Labute approximate surface area is 81.0 Å². The molecule has 0 aliphatic heterocycles. The van der Waals surface area contributed by atoms with Gasteiger partial charge in [0.2, 0.25) is 0 Å². The molecule has 0 aliphatic carbocycles. The van der Waals surface area contributed by atoms with Crippen molar-refractivity contribution in [3.05, 3.63) is 35.9 Å². The molecule has 0 saturated heterocycles. The van der Waals surface area contributed by atoms with Gasteiger partial charge >= 0.3 is 0 Å². The number of unbranched alkanes of at least 4 members (excludes halogenated alkanes) is 1. The van der Waals surface area contributed by atoms with Crippen LogP contribution >= 0.6 is 0 Å². The Bertz CT molecular complexity index is 218. The highest BCUT2D eigenvalue weighted by molar-refractivity contribution is 5.18. The highest BCUT2D eigenvalue weighted by atomic mass is 14.5. The largest absolute Gasteiger partial charge is 0.330 e. The molecule has 0 aliphatic rings. The second-order valence-corrected chi connectivity index (χ2v) is 3.60. The predicted molar refractivity (Wildman–Crippen MR) is 57.8 cm³/mol. The minimum absolute atomic E-state index is 0.674. The molecule has 1 aromatic rings. The molecule has 0 aromatic heterocycles. The van der Waals surface area contributed by atoms with Gasteiger partial charge < -0.3 is 5.73 Å². The first-order chi connectivity index (χ1) is 6.34. The Kier molecular flexibility index (Phi) is 4.55. The summed E-state index contributed by atoms with van der Waals surface area (Å²) in [6.45, 7) is 3.10. The number of hydrogen-bond acceptors (Lipinski definition) is 1. The quantitative estimate of drug-likeness (QED) is 0.688. The van der Waals surface area contributed by atoms with Gasteiger partial charge in [-0.2, -0.15) is 0 Å². The lowest BCUT2D eigenvalue weighted by Gasteiger charge is -2.10. The van der Waals surface area contributed by atoms with Crippen LogP contribution in [0, 0.1) is 0 Å².